The van der Waals surface area contributed by atoms with Crippen LogP contribution in [0.4, 0.5) is 0 Å². The second-order valence-electron chi connectivity index (χ2n) is 7.16. The van der Waals surface area contributed by atoms with Crippen molar-refractivity contribution in [2.45, 2.75) is 46.8 Å². The van der Waals surface area contributed by atoms with Crippen LogP contribution in [0.3, 0.4) is 0 Å². The van der Waals surface area contributed by atoms with Gasteiger partial charge in [0.15, 0.2) is 13.5 Å². The van der Waals surface area contributed by atoms with Gasteiger partial charge in [0.25, 0.3) is 0 Å². The van der Waals surface area contributed by atoms with Crippen LogP contribution in [-0.4, -0.2) is 22.6 Å². The van der Waals surface area contributed by atoms with Crippen LogP contribution in [0.15, 0.2) is 47.5 Å². The Morgan fingerprint density at radius 3 is 2.50 bits per heavy atom. The smallest absolute Gasteiger partial charge is 0.198 e. The fourth-order valence-electron chi connectivity index (χ4n) is 4.39. The standard InChI is InChI=1S/C18H19BrN2O2S/c1-11-14-13(9-10-20-11)15-17(2,3)21-16(12-7-5-4-6-8-12)18(15,19)24(14,22)23/h4-10,15-16,21H,1-3H3. The number of hydrogen-bond donors (Lipinski definition) is 1. The molecule has 1 N–H and O–H groups in total. The predicted octanol–water partition coefficient (Wildman–Crippen LogP) is 3.48. The zero-order valence-electron chi connectivity index (χ0n) is 13.7. The van der Waals surface area contributed by atoms with E-state index in [-0.39, 0.29) is 17.5 Å². The Morgan fingerprint density at radius 2 is 1.83 bits per heavy atom. The first-order valence-corrected chi connectivity index (χ1v) is 10.2. The summed E-state index contributed by atoms with van der Waals surface area (Å²) in [5.74, 6) is -0.197. The lowest BCUT2D eigenvalue weighted by molar-refractivity contribution is 0.396. The molecule has 0 amide bonds. The monoisotopic (exact) mass is 406 g/mol. The molecular formula is C18H19BrN2O2S. The molecule has 126 valence electrons. The Kier molecular flexibility index (Phi) is 3.31. The minimum absolute atomic E-state index is 0.197. The van der Waals surface area contributed by atoms with E-state index in [0.717, 1.165) is 11.1 Å². The van der Waals surface area contributed by atoms with Crippen molar-refractivity contribution in [3.8, 4) is 0 Å². The van der Waals surface area contributed by atoms with Gasteiger partial charge in [-0.25, -0.2) is 8.42 Å². The van der Waals surface area contributed by atoms with E-state index < -0.39 is 13.5 Å². The van der Waals surface area contributed by atoms with Crippen molar-refractivity contribution >= 4 is 25.8 Å². The van der Waals surface area contributed by atoms with Gasteiger partial charge in [-0.15, -0.1) is 0 Å². The van der Waals surface area contributed by atoms with Crippen molar-refractivity contribution in [3.05, 3.63) is 59.4 Å². The Hall–Kier alpha value is -1.24. The summed E-state index contributed by atoms with van der Waals surface area (Å²) in [5.41, 5.74) is 2.02. The number of benzene rings is 1. The quantitative estimate of drug-likeness (QED) is 0.736. The van der Waals surface area contributed by atoms with Crippen molar-refractivity contribution < 1.29 is 8.42 Å². The minimum Gasteiger partial charge on any atom is -0.302 e. The average molecular weight is 407 g/mol. The first-order valence-electron chi connectivity index (χ1n) is 7.93. The maximum atomic E-state index is 13.6. The second kappa shape index (κ2) is 4.90. The van der Waals surface area contributed by atoms with E-state index in [0.29, 0.717) is 10.6 Å². The lowest BCUT2D eigenvalue weighted by Crippen LogP contribution is -2.38. The summed E-state index contributed by atoms with van der Waals surface area (Å²) in [6, 6.07) is 11.3. The molecule has 1 aromatic heterocycles. The highest BCUT2D eigenvalue weighted by Crippen LogP contribution is 2.65. The normalized spacial score (nSPS) is 32.3. The number of rotatable bonds is 1. The molecule has 0 radical (unpaired) electrons. The Bertz CT molecular complexity index is 927. The molecule has 0 spiro atoms. The summed E-state index contributed by atoms with van der Waals surface area (Å²) < 4.78 is 26.0. The van der Waals surface area contributed by atoms with Crippen LogP contribution >= 0.6 is 15.9 Å². The Balaban J connectivity index is 2.04. The van der Waals surface area contributed by atoms with E-state index >= 15 is 0 Å². The van der Waals surface area contributed by atoms with Gasteiger partial charge in [0.1, 0.15) is 0 Å². The van der Waals surface area contributed by atoms with E-state index in [1.807, 2.05) is 36.4 Å². The molecule has 4 nitrogen and oxygen atoms in total. The maximum absolute atomic E-state index is 13.6. The summed E-state index contributed by atoms with van der Waals surface area (Å²) in [4.78, 5) is 4.62. The van der Waals surface area contributed by atoms with Crippen LogP contribution < -0.4 is 5.32 Å². The third-order valence-electron chi connectivity index (χ3n) is 5.26. The van der Waals surface area contributed by atoms with Gasteiger partial charge in [-0.1, -0.05) is 46.3 Å². The summed E-state index contributed by atoms with van der Waals surface area (Å²) >= 11 is 3.71. The van der Waals surface area contributed by atoms with Crippen LogP contribution in [-0.2, 0) is 9.84 Å². The van der Waals surface area contributed by atoms with Gasteiger partial charge in [-0.3, -0.25) is 4.98 Å². The lowest BCUT2D eigenvalue weighted by atomic mass is 9.82. The van der Waals surface area contributed by atoms with Gasteiger partial charge in [0.2, 0.25) is 0 Å². The molecule has 3 heterocycles. The maximum Gasteiger partial charge on any atom is 0.198 e. The summed E-state index contributed by atoms with van der Waals surface area (Å²) in [6.45, 7) is 5.90. The molecule has 0 saturated carbocycles. The molecule has 0 aliphatic carbocycles. The summed E-state index contributed by atoms with van der Waals surface area (Å²) in [6.07, 6.45) is 1.70. The molecule has 2 aliphatic heterocycles. The largest absolute Gasteiger partial charge is 0.302 e. The van der Waals surface area contributed by atoms with Gasteiger partial charge >= 0.3 is 0 Å². The van der Waals surface area contributed by atoms with E-state index in [2.05, 4.69) is 40.1 Å². The summed E-state index contributed by atoms with van der Waals surface area (Å²) in [7, 11) is -3.59. The molecule has 4 rings (SSSR count). The van der Waals surface area contributed by atoms with Gasteiger partial charge < -0.3 is 5.32 Å². The fourth-order valence-corrected chi connectivity index (χ4v) is 8.56. The zero-order chi connectivity index (χ0) is 17.3. The Labute approximate surface area is 150 Å². The van der Waals surface area contributed by atoms with E-state index in [4.69, 9.17) is 0 Å². The van der Waals surface area contributed by atoms with Crippen LogP contribution in [0.1, 0.15) is 42.6 Å². The van der Waals surface area contributed by atoms with Crippen LogP contribution in [0.25, 0.3) is 0 Å². The number of nitrogens with one attached hydrogen (secondary N) is 1. The molecule has 0 bridgehead atoms. The number of hydrogen-bond acceptors (Lipinski definition) is 4. The lowest BCUT2D eigenvalue weighted by Gasteiger charge is -2.29. The molecular weight excluding hydrogens is 388 g/mol. The van der Waals surface area contributed by atoms with Crippen LogP contribution in [0.2, 0.25) is 0 Å². The average Bonchev–Trinajstić information content (AvgIpc) is 2.86. The molecule has 1 aromatic carbocycles. The number of halogens is 1. The Morgan fingerprint density at radius 1 is 1.17 bits per heavy atom. The molecule has 3 unspecified atom stereocenters. The highest BCUT2D eigenvalue weighted by atomic mass is 79.9. The first kappa shape index (κ1) is 16.2. The number of pyridine rings is 1. The van der Waals surface area contributed by atoms with Gasteiger partial charge in [0, 0.05) is 17.7 Å². The third-order valence-corrected chi connectivity index (χ3v) is 9.82. The molecule has 3 atom stereocenters. The number of aryl methyl sites for hydroxylation is 1. The van der Waals surface area contributed by atoms with E-state index in [9.17, 15) is 8.42 Å². The predicted molar refractivity (Wildman–Crippen MR) is 97.0 cm³/mol. The highest BCUT2D eigenvalue weighted by molar-refractivity contribution is 9.11. The van der Waals surface area contributed by atoms with Gasteiger partial charge in [0.05, 0.1) is 16.6 Å². The van der Waals surface area contributed by atoms with Crippen molar-refractivity contribution in [1.82, 2.24) is 10.3 Å². The number of fused-ring (bicyclic) bond motifs is 3. The topological polar surface area (TPSA) is 59.1 Å². The molecule has 6 heteroatoms. The van der Waals surface area contributed by atoms with E-state index in [1.54, 1.807) is 13.1 Å². The third kappa shape index (κ3) is 1.82. The highest BCUT2D eigenvalue weighted by Gasteiger charge is 2.70. The van der Waals surface area contributed by atoms with Gasteiger partial charge in [-0.05, 0) is 38.0 Å². The van der Waals surface area contributed by atoms with Crippen molar-refractivity contribution in [2.24, 2.45) is 0 Å². The SMILES string of the molecule is Cc1nccc2c1S(=O)(=O)C1(Br)C(c3ccccc3)NC(C)(C)C21. The number of sulfone groups is 1. The zero-order valence-corrected chi connectivity index (χ0v) is 16.1. The molecule has 1 fully saturated rings. The van der Waals surface area contributed by atoms with Crippen LogP contribution in [0, 0.1) is 6.92 Å². The van der Waals surface area contributed by atoms with Crippen molar-refractivity contribution in [3.63, 3.8) is 0 Å². The van der Waals surface area contributed by atoms with Crippen molar-refractivity contribution in [1.29, 1.82) is 0 Å². The molecule has 2 aromatic rings. The number of alkyl halides is 1. The van der Waals surface area contributed by atoms with Gasteiger partial charge in [-0.2, -0.15) is 0 Å². The minimum atomic E-state index is -3.59. The summed E-state index contributed by atoms with van der Waals surface area (Å²) in [5, 5.41) is 3.56. The number of aromatic nitrogens is 1. The van der Waals surface area contributed by atoms with E-state index in [1.165, 1.54) is 0 Å². The van der Waals surface area contributed by atoms with Crippen molar-refractivity contribution in [2.75, 3.05) is 0 Å². The number of nitrogens with zero attached hydrogens (tertiary/aromatic N) is 1. The molecule has 24 heavy (non-hydrogen) atoms. The second-order valence-corrected chi connectivity index (χ2v) is 11.1. The first-order chi connectivity index (χ1) is 11.2. The molecule has 1 saturated heterocycles. The van der Waals surface area contributed by atoms with Crippen LogP contribution in [0.5, 0.6) is 0 Å². The molecule has 2 aliphatic rings. The fraction of sp³-hybridized carbons (Fsp3) is 0.389.